The summed E-state index contributed by atoms with van der Waals surface area (Å²) in [6, 6.07) is 0. The van der Waals surface area contributed by atoms with Crippen LogP contribution < -0.4 is 5.32 Å². The summed E-state index contributed by atoms with van der Waals surface area (Å²) in [5.41, 5.74) is 0. The Hall–Kier alpha value is -0.0800. The van der Waals surface area contributed by atoms with E-state index in [9.17, 15) is 0 Å². The molecule has 4 heterocycles. The van der Waals surface area contributed by atoms with Crippen molar-refractivity contribution in [1.29, 1.82) is 0 Å². The van der Waals surface area contributed by atoms with Gasteiger partial charge in [-0.3, -0.25) is 4.99 Å². The quantitative estimate of drug-likeness (QED) is 0.428. The van der Waals surface area contributed by atoms with Crippen LogP contribution in [0.3, 0.4) is 0 Å². The number of aliphatic imine (C=N–C) groups is 1. The fourth-order valence-corrected chi connectivity index (χ4v) is 4.48. The number of likely N-dealkylation sites (tertiary alicyclic amines) is 1. The lowest BCUT2D eigenvalue weighted by Gasteiger charge is -2.24. The van der Waals surface area contributed by atoms with E-state index in [1.165, 1.54) is 25.7 Å². The topological polar surface area (TPSA) is 46.1 Å². The zero-order valence-electron chi connectivity index (χ0n) is 12.7. The molecule has 5 unspecified atom stereocenters. The van der Waals surface area contributed by atoms with Crippen LogP contribution >= 0.6 is 24.0 Å². The average Bonchev–Trinajstić information content (AvgIpc) is 3.22. The van der Waals surface area contributed by atoms with Gasteiger partial charge in [0.1, 0.15) is 0 Å². The summed E-state index contributed by atoms with van der Waals surface area (Å²) < 4.78 is 11.7. The molecule has 1 N–H and O–H groups in total. The highest BCUT2D eigenvalue weighted by Crippen LogP contribution is 2.47. The molecule has 4 aliphatic rings. The lowest BCUT2D eigenvalue weighted by Crippen LogP contribution is -2.44. The summed E-state index contributed by atoms with van der Waals surface area (Å²) in [5.74, 6) is 2.51. The number of ether oxygens (including phenoxy) is 2. The Morgan fingerprint density at radius 3 is 2.48 bits per heavy atom. The van der Waals surface area contributed by atoms with E-state index in [2.05, 4.69) is 15.2 Å². The highest BCUT2D eigenvalue weighted by molar-refractivity contribution is 14.0. The van der Waals surface area contributed by atoms with Gasteiger partial charge in [0.05, 0.1) is 18.3 Å². The Morgan fingerprint density at radius 1 is 1.19 bits per heavy atom. The maximum absolute atomic E-state index is 6.04. The Kier molecular flexibility index (Phi) is 4.95. The smallest absolute Gasteiger partial charge is 0.193 e. The minimum Gasteiger partial charge on any atom is -0.376 e. The minimum atomic E-state index is 0. The molecule has 4 fully saturated rings. The first-order valence-corrected chi connectivity index (χ1v) is 8.08. The van der Waals surface area contributed by atoms with E-state index in [0.29, 0.717) is 18.3 Å². The number of guanidine groups is 1. The van der Waals surface area contributed by atoms with Crippen LogP contribution in [0.4, 0.5) is 0 Å². The largest absolute Gasteiger partial charge is 0.376 e. The molecule has 2 bridgehead atoms. The van der Waals surface area contributed by atoms with Gasteiger partial charge in [0.2, 0.25) is 0 Å². The molecule has 120 valence electrons. The molecule has 0 aliphatic carbocycles. The summed E-state index contributed by atoms with van der Waals surface area (Å²) in [6.07, 6.45) is 6.31. The van der Waals surface area contributed by atoms with Crippen molar-refractivity contribution in [3.8, 4) is 0 Å². The van der Waals surface area contributed by atoms with Crippen LogP contribution in [-0.4, -0.2) is 62.5 Å². The SMILES string of the molecule is CN=C(NCC1CCCO1)N1CC2C3CCC(O3)C2C1.I. The Bertz CT molecular complexity index is 382. The van der Waals surface area contributed by atoms with Gasteiger partial charge < -0.3 is 19.7 Å². The van der Waals surface area contributed by atoms with Gasteiger partial charge in [0.25, 0.3) is 0 Å². The molecule has 6 heteroatoms. The van der Waals surface area contributed by atoms with Crippen molar-refractivity contribution < 1.29 is 9.47 Å². The predicted octanol–water partition coefficient (Wildman–Crippen LogP) is 1.47. The van der Waals surface area contributed by atoms with Gasteiger partial charge in [-0.15, -0.1) is 24.0 Å². The third-order valence-corrected chi connectivity index (χ3v) is 5.48. The van der Waals surface area contributed by atoms with Crippen molar-refractivity contribution >= 4 is 29.9 Å². The number of hydrogen-bond donors (Lipinski definition) is 1. The molecule has 0 amide bonds. The first-order valence-electron chi connectivity index (χ1n) is 8.08. The second-order valence-corrected chi connectivity index (χ2v) is 6.59. The monoisotopic (exact) mass is 407 g/mol. The second-order valence-electron chi connectivity index (χ2n) is 6.59. The van der Waals surface area contributed by atoms with Gasteiger partial charge in [-0.05, 0) is 25.7 Å². The molecule has 0 aromatic rings. The van der Waals surface area contributed by atoms with Gasteiger partial charge in [0, 0.05) is 45.1 Å². The van der Waals surface area contributed by atoms with Gasteiger partial charge in [-0.2, -0.15) is 0 Å². The van der Waals surface area contributed by atoms with Crippen LogP contribution in [0.15, 0.2) is 4.99 Å². The Labute approximate surface area is 143 Å². The number of hydrogen-bond acceptors (Lipinski definition) is 3. The summed E-state index contributed by atoms with van der Waals surface area (Å²) >= 11 is 0. The maximum Gasteiger partial charge on any atom is 0.193 e. The first-order chi connectivity index (χ1) is 9.85. The van der Waals surface area contributed by atoms with E-state index >= 15 is 0 Å². The number of nitrogens with one attached hydrogen (secondary N) is 1. The highest BCUT2D eigenvalue weighted by Gasteiger charge is 2.53. The summed E-state index contributed by atoms with van der Waals surface area (Å²) in [7, 11) is 1.89. The van der Waals surface area contributed by atoms with E-state index in [0.717, 1.165) is 44.0 Å². The van der Waals surface area contributed by atoms with E-state index in [4.69, 9.17) is 9.47 Å². The van der Waals surface area contributed by atoms with Crippen LogP contribution in [0, 0.1) is 11.8 Å². The van der Waals surface area contributed by atoms with Gasteiger partial charge >= 0.3 is 0 Å². The lowest BCUT2D eigenvalue weighted by molar-refractivity contribution is 0.0764. The van der Waals surface area contributed by atoms with Gasteiger partial charge in [-0.1, -0.05) is 0 Å². The van der Waals surface area contributed by atoms with E-state index in [-0.39, 0.29) is 24.0 Å². The van der Waals surface area contributed by atoms with Crippen LogP contribution in [0.25, 0.3) is 0 Å². The minimum absolute atomic E-state index is 0. The Morgan fingerprint density at radius 2 is 1.90 bits per heavy atom. The summed E-state index contributed by atoms with van der Waals surface area (Å²) in [5, 5.41) is 3.50. The third kappa shape index (κ3) is 2.91. The fraction of sp³-hybridized carbons (Fsp3) is 0.933. The van der Waals surface area contributed by atoms with Crippen molar-refractivity contribution in [2.45, 2.75) is 44.0 Å². The normalized spacial score (nSPS) is 41.3. The maximum atomic E-state index is 6.04. The first kappa shape index (κ1) is 15.8. The standard InChI is InChI=1S/C15H25N3O2.HI/c1-16-15(17-7-10-3-2-6-19-10)18-8-11-12(9-18)14-5-4-13(11)20-14;/h10-14H,2-9H2,1H3,(H,16,17);1H. The molecule has 0 aromatic carbocycles. The molecule has 4 rings (SSSR count). The summed E-state index contributed by atoms with van der Waals surface area (Å²) in [4.78, 5) is 6.89. The van der Waals surface area contributed by atoms with E-state index in [1.54, 1.807) is 0 Å². The van der Waals surface area contributed by atoms with Crippen molar-refractivity contribution in [1.82, 2.24) is 10.2 Å². The van der Waals surface area contributed by atoms with Crippen LogP contribution in [0.2, 0.25) is 0 Å². The van der Waals surface area contributed by atoms with Crippen molar-refractivity contribution in [2.75, 3.05) is 33.3 Å². The van der Waals surface area contributed by atoms with Gasteiger partial charge in [0.15, 0.2) is 5.96 Å². The van der Waals surface area contributed by atoms with Crippen LogP contribution in [-0.2, 0) is 9.47 Å². The molecule has 0 aromatic heterocycles. The molecule has 21 heavy (non-hydrogen) atoms. The highest BCUT2D eigenvalue weighted by atomic mass is 127. The zero-order chi connectivity index (χ0) is 13.5. The summed E-state index contributed by atoms with van der Waals surface area (Å²) in [6.45, 7) is 4.02. The van der Waals surface area contributed by atoms with E-state index < -0.39 is 0 Å². The number of fused-ring (bicyclic) bond motifs is 5. The number of nitrogens with zero attached hydrogens (tertiary/aromatic N) is 2. The van der Waals surface area contributed by atoms with Crippen LogP contribution in [0.1, 0.15) is 25.7 Å². The molecule has 0 saturated carbocycles. The molecule has 0 radical (unpaired) electrons. The molecule has 5 nitrogen and oxygen atoms in total. The van der Waals surface area contributed by atoms with Crippen LogP contribution in [0.5, 0.6) is 0 Å². The number of rotatable bonds is 2. The molecule has 0 spiro atoms. The second kappa shape index (κ2) is 6.58. The predicted molar refractivity (Wildman–Crippen MR) is 92.2 cm³/mol. The van der Waals surface area contributed by atoms with E-state index in [1.807, 2.05) is 7.05 Å². The molecule has 5 atom stereocenters. The lowest BCUT2D eigenvalue weighted by atomic mass is 9.82. The molecule has 4 saturated heterocycles. The fourth-order valence-electron chi connectivity index (χ4n) is 4.48. The third-order valence-electron chi connectivity index (χ3n) is 5.48. The van der Waals surface area contributed by atoms with Crippen molar-refractivity contribution in [3.63, 3.8) is 0 Å². The number of halogens is 1. The van der Waals surface area contributed by atoms with Crippen molar-refractivity contribution in [2.24, 2.45) is 16.8 Å². The Balaban J connectivity index is 0.00000132. The zero-order valence-corrected chi connectivity index (χ0v) is 15.0. The molecule has 4 aliphatic heterocycles. The van der Waals surface area contributed by atoms with Crippen molar-refractivity contribution in [3.05, 3.63) is 0 Å². The average molecular weight is 407 g/mol. The molecular weight excluding hydrogens is 381 g/mol. The van der Waals surface area contributed by atoms with Gasteiger partial charge in [-0.25, -0.2) is 0 Å². The molecular formula is C15H26IN3O2.